The van der Waals surface area contributed by atoms with Gasteiger partial charge in [-0.15, -0.1) is 0 Å². The molecule has 12 heavy (non-hydrogen) atoms. The Bertz CT molecular complexity index is 242. The normalized spacial score (nSPS) is 16.0. The maximum Gasteiger partial charge on any atom is 0.114 e. The summed E-state index contributed by atoms with van der Waals surface area (Å²) in [7, 11) is 0. The van der Waals surface area contributed by atoms with Crippen molar-refractivity contribution in [1.82, 2.24) is 9.55 Å². The van der Waals surface area contributed by atoms with Crippen molar-refractivity contribution in [3.05, 3.63) is 18.2 Å². The van der Waals surface area contributed by atoms with E-state index in [2.05, 4.69) is 16.5 Å². The van der Waals surface area contributed by atoms with Crippen LogP contribution < -0.4 is 0 Å². The highest BCUT2D eigenvalue weighted by Gasteiger charge is 2.15. The van der Waals surface area contributed by atoms with E-state index in [1.165, 1.54) is 0 Å². The summed E-state index contributed by atoms with van der Waals surface area (Å²) in [6.07, 6.45) is 3.38. The molecule has 0 aliphatic rings. The quantitative estimate of drug-likeness (QED) is 0.740. The van der Waals surface area contributed by atoms with Gasteiger partial charge in [-0.2, -0.15) is 0 Å². The topological polar surface area (TPSA) is 38.0 Å². The molecule has 0 bridgehead atoms. The maximum atomic E-state index is 9.36. The number of aliphatic hydroxyl groups is 1. The van der Waals surface area contributed by atoms with Gasteiger partial charge in [-0.05, 0) is 13.8 Å². The summed E-state index contributed by atoms with van der Waals surface area (Å²) in [6, 6.07) is 0. The van der Waals surface area contributed by atoms with E-state index in [0.717, 1.165) is 12.4 Å². The monoisotopic (exact) mass is 168 g/mol. The number of aliphatic hydroxyl groups excluding tert-OH is 1. The number of rotatable bonds is 3. The van der Waals surface area contributed by atoms with Crippen molar-refractivity contribution in [3.63, 3.8) is 0 Å². The second-order valence-corrected chi connectivity index (χ2v) is 3.10. The molecule has 0 aliphatic carbocycles. The molecule has 0 radical (unpaired) electrons. The first-order valence-corrected chi connectivity index (χ1v) is 4.36. The molecular formula is C9H16N2O. The number of imidazole rings is 1. The van der Waals surface area contributed by atoms with E-state index >= 15 is 0 Å². The SMILES string of the molecule is CCn1ccnc1C(C)C(C)O. The molecule has 3 nitrogen and oxygen atoms in total. The first-order valence-electron chi connectivity index (χ1n) is 4.36. The molecule has 0 spiro atoms. The van der Waals surface area contributed by atoms with Gasteiger partial charge in [-0.3, -0.25) is 0 Å². The van der Waals surface area contributed by atoms with Crippen LogP contribution in [0, 0.1) is 0 Å². The summed E-state index contributed by atoms with van der Waals surface area (Å²) in [5.41, 5.74) is 0. The molecule has 0 fully saturated rings. The van der Waals surface area contributed by atoms with Crippen molar-refractivity contribution in [2.24, 2.45) is 0 Å². The third-order valence-electron chi connectivity index (χ3n) is 2.22. The highest BCUT2D eigenvalue weighted by atomic mass is 16.3. The molecule has 3 heteroatoms. The molecule has 1 heterocycles. The molecule has 1 N–H and O–H groups in total. The zero-order valence-corrected chi connectivity index (χ0v) is 7.86. The lowest BCUT2D eigenvalue weighted by molar-refractivity contribution is 0.163. The van der Waals surface area contributed by atoms with Gasteiger partial charge in [-0.1, -0.05) is 6.92 Å². The lowest BCUT2D eigenvalue weighted by atomic mass is 10.1. The highest BCUT2D eigenvalue weighted by molar-refractivity contribution is 5.00. The molecule has 0 aliphatic heterocycles. The number of aromatic nitrogens is 2. The van der Waals surface area contributed by atoms with Crippen LogP contribution in [0.2, 0.25) is 0 Å². The van der Waals surface area contributed by atoms with E-state index in [4.69, 9.17) is 0 Å². The van der Waals surface area contributed by atoms with Crippen LogP contribution in [0.15, 0.2) is 12.4 Å². The fourth-order valence-corrected chi connectivity index (χ4v) is 1.20. The van der Waals surface area contributed by atoms with Crippen molar-refractivity contribution in [2.45, 2.75) is 39.3 Å². The number of aryl methyl sites for hydroxylation is 1. The van der Waals surface area contributed by atoms with Gasteiger partial charge in [0.05, 0.1) is 6.10 Å². The molecule has 1 aromatic heterocycles. The predicted octanol–water partition coefficient (Wildman–Crippen LogP) is 1.39. The molecule has 0 aromatic carbocycles. The fraction of sp³-hybridized carbons (Fsp3) is 0.667. The average Bonchev–Trinajstić information content (AvgIpc) is 2.49. The van der Waals surface area contributed by atoms with E-state index in [0.29, 0.717) is 0 Å². The number of nitrogens with zero attached hydrogens (tertiary/aromatic N) is 2. The van der Waals surface area contributed by atoms with Crippen molar-refractivity contribution in [2.75, 3.05) is 0 Å². The van der Waals surface area contributed by atoms with Crippen LogP contribution in [0.1, 0.15) is 32.5 Å². The molecule has 0 saturated heterocycles. The smallest absolute Gasteiger partial charge is 0.114 e. The summed E-state index contributed by atoms with van der Waals surface area (Å²) >= 11 is 0. The average molecular weight is 168 g/mol. The van der Waals surface area contributed by atoms with E-state index in [1.54, 1.807) is 13.1 Å². The van der Waals surface area contributed by atoms with Gasteiger partial charge in [0.1, 0.15) is 5.82 Å². The Hall–Kier alpha value is -0.830. The Morgan fingerprint density at radius 1 is 1.58 bits per heavy atom. The van der Waals surface area contributed by atoms with Gasteiger partial charge in [0.2, 0.25) is 0 Å². The van der Waals surface area contributed by atoms with E-state index < -0.39 is 0 Å². The Labute approximate surface area is 73.1 Å². The van der Waals surface area contributed by atoms with Crippen molar-refractivity contribution < 1.29 is 5.11 Å². The van der Waals surface area contributed by atoms with Gasteiger partial charge in [0.15, 0.2) is 0 Å². The first kappa shape index (κ1) is 9.26. The maximum absolute atomic E-state index is 9.36. The first-order chi connectivity index (χ1) is 5.66. The summed E-state index contributed by atoms with van der Waals surface area (Å²) < 4.78 is 2.05. The molecule has 2 unspecified atom stereocenters. The Balaban J connectivity index is 2.86. The summed E-state index contributed by atoms with van der Waals surface area (Å²) in [6.45, 7) is 6.75. The van der Waals surface area contributed by atoms with Crippen LogP contribution in [0.3, 0.4) is 0 Å². The van der Waals surface area contributed by atoms with E-state index in [1.807, 2.05) is 13.1 Å². The number of hydrogen-bond donors (Lipinski definition) is 1. The fourth-order valence-electron chi connectivity index (χ4n) is 1.20. The molecule has 0 amide bonds. The Kier molecular flexibility index (Phi) is 2.87. The third kappa shape index (κ3) is 1.67. The minimum absolute atomic E-state index is 0.111. The Morgan fingerprint density at radius 3 is 2.75 bits per heavy atom. The van der Waals surface area contributed by atoms with Crippen LogP contribution in [0.25, 0.3) is 0 Å². The molecule has 2 atom stereocenters. The number of hydrogen-bond acceptors (Lipinski definition) is 2. The minimum Gasteiger partial charge on any atom is -0.393 e. The standard InChI is InChI=1S/C9H16N2O/c1-4-11-6-5-10-9(11)7(2)8(3)12/h5-8,12H,4H2,1-3H3. The highest BCUT2D eigenvalue weighted by Crippen LogP contribution is 2.16. The molecule has 68 valence electrons. The largest absolute Gasteiger partial charge is 0.393 e. The second-order valence-electron chi connectivity index (χ2n) is 3.10. The van der Waals surface area contributed by atoms with Crippen molar-refractivity contribution in [3.8, 4) is 0 Å². The summed E-state index contributed by atoms with van der Waals surface area (Å²) in [5.74, 6) is 1.08. The van der Waals surface area contributed by atoms with Gasteiger partial charge in [-0.25, -0.2) is 4.98 Å². The van der Waals surface area contributed by atoms with E-state index in [9.17, 15) is 5.11 Å². The van der Waals surface area contributed by atoms with Crippen LogP contribution >= 0.6 is 0 Å². The third-order valence-corrected chi connectivity index (χ3v) is 2.22. The van der Waals surface area contributed by atoms with Gasteiger partial charge < -0.3 is 9.67 Å². The van der Waals surface area contributed by atoms with Crippen molar-refractivity contribution in [1.29, 1.82) is 0 Å². The summed E-state index contributed by atoms with van der Waals surface area (Å²) in [4.78, 5) is 4.21. The van der Waals surface area contributed by atoms with Gasteiger partial charge in [0.25, 0.3) is 0 Å². The predicted molar refractivity (Wildman–Crippen MR) is 48.0 cm³/mol. The van der Waals surface area contributed by atoms with Gasteiger partial charge in [0, 0.05) is 24.9 Å². The van der Waals surface area contributed by atoms with Crippen LogP contribution in [-0.4, -0.2) is 20.8 Å². The van der Waals surface area contributed by atoms with Crippen LogP contribution in [0.5, 0.6) is 0 Å². The lowest BCUT2D eigenvalue weighted by Gasteiger charge is -2.15. The van der Waals surface area contributed by atoms with Crippen LogP contribution in [-0.2, 0) is 6.54 Å². The zero-order chi connectivity index (χ0) is 9.14. The minimum atomic E-state index is -0.335. The zero-order valence-electron chi connectivity index (χ0n) is 7.86. The lowest BCUT2D eigenvalue weighted by Crippen LogP contribution is -2.16. The molecule has 0 saturated carbocycles. The second kappa shape index (κ2) is 3.72. The summed E-state index contributed by atoms with van der Waals surface area (Å²) in [5, 5.41) is 9.36. The molecule has 1 rings (SSSR count). The Morgan fingerprint density at radius 2 is 2.25 bits per heavy atom. The van der Waals surface area contributed by atoms with Gasteiger partial charge >= 0.3 is 0 Å². The van der Waals surface area contributed by atoms with E-state index in [-0.39, 0.29) is 12.0 Å². The molecular weight excluding hydrogens is 152 g/mol. The van der Waals surface area contributed by atoms with Crippen molar-refractivity contribution >= 4 is 0 Å². The molecule has 1 aromatic rings. The van der Waals surface area contributed by atoms with Crippen LogP contribution in [0.4, 0.5) is 0 Å².